The molecule has 0 bridgehead atoms. The lowest BCUT2D eigenvalue weighted by atomic mass is 10.4. The first kappa shape index (κ1) is 14.8. The van der Waals surface area contributed by atoms with Gasteiger partial charge in [0.15, 0.2) is 0 Å². The summed E-state index contributed by atoms with van der Waals surface area (Å²) in [5.41, 5.74) is -1.13. The van der Waals surface area contributed by atoms with E-state index in [1.807, 2.05) is 6.92 Å². The summed E-state index contributed by atoms with van der Waals surface area (Å²) in [6, 6.07) is 0. The van der Waals surface area contributed by atoms with E-state index in [1.54, 1.807) is 0 Å². The van der Waals surface area contributed by atoms with Crippen LogP contribution >= 0.6 is 11.8 Å². The fourth-order valence-electron chi connectivity index (χ4n) is 0.782. The highest BCUT2D eigenvalue weighted by Gasteiger charge is 2.21. The number of rotatable bonds is 8. The van der Waals surface area contributed by atoms with Gasteiger partial charge in [-0.3, -0.25) is 0 Å². The number of carbonyl (C=O) groups excluding carboxylic acids is 1. The molecule has 0 fully saturated rings. The molecule has 4 nitrogen and oxygen atoms in total. The maximum Gasteiger partial charge on any atom is 0.355 e. The van der Waals surface area contributed by atoms with Crippen LogP contribution in [-0.2, 0) is 14.3 Å². The molecule has 0 heterocycles. The minimum Gasteiger partial charge on any atom is -0.478 e. The number of ether oxygens (including phenoxy) is 1. The molecule has 16 heavy (non-hydrogen) atoms. The van der Waals surface area contributed by atoms with E-state index in [0.29, 0.717) is 5.75 Å². The molecule has 0 rings (SSSR count). The van der Waals surface area contributed by atoms with Gasteiger partial charge in [-0.15, -0.1) is 11.8 Å². The van der Waals surface area contributed by atoms with Crippen molar-refractivity contribution in [3.8, 4) is 0 Å². The minimum absolute atomic E-state index is 0.659. The normalized spacial score (nSPS) is 12.3. The van der Waals surface area contributed by atoms with Crippen molar-refractivity contribution in [3.63, 3.8) is 0 Å². The third-order valence-electron chi connectivity index (χ3n) is 1.56. The van der Waals surface area contributed by atoms with Crippen LogP contribution < -0.4 is 0 Å². The van der Waals surface area contributed by atoms with Crippen LogP contribution in [0.1, 0.15) is 19.8 Å². The molecule has 0 radical (unpaired) electrons. The van der Waals surface area contributed by atoms with Crippen molar-refractivity contribution >= 4 is 23.7 Å². The van der Waals surface area contributed by atoms with E-state index >= 15 is 0 Å². The molecule has 5 heteroatoms. The molecular weight excluding hydrogens is 228 g/mol. The largest absolute Gasteiger partial charge is 0.478 e. The van der Waals surface area contributed by atoms with Gasteiger partial charge < -0.3 is 9.84 Å². The van der Waals surface area contributed by atoms with Gasteiger partial charge >= 0.3 is 11.9 Å². The first-order chi connectivity index (χ1) is 7.61. The fraction of sp³-hybridized carbons (Fsp3) is 0.455. The van der Waals surface area contributed by atoms with Crippen LogP contribution in [0.5, 0.6) is 0 Å². The molecule has 0 saturated carbocycles. The third kappa shape index (κ3) is 7.11. The van der Waals surface area contributed by atoms with Crippen molar-refractivity contribution in [1.82, 2.24) is 0 Å². The van der Waals surface area contributed by atoms with Crippen molar-refractivity contribution in [2.45, 2.75) is 25.2 Å². The molecule has 0 amide bonds. The van der Waals surface area contributed by atoms with Crippen molar-refractivity contribution in [3.05, 3.63) is 24.8 Å². The Morgan fingerprint density at radius 2 is 2.25 bits per heavy atom. The molecular formula is C11H16O4S. The predicted octanol–water partition coefficient (Wildman–Crippen LogP) is 2.22. The van der Waals surface area contributed by atoms with Crippen LogP contribution in [0.3, 0.4) is 0 Å². The number of thioether (sulfide) groups is 1. The maximum absolute atomic E-state index is 11.1. The Balaban J connectivity index is 4.12. The van der Waals surface area contributed by atoms with Gasteiger partial charge in [-0.25, -0.2) is 9.59 Å². The molecule has 0 aliphatic heterocycles. The lowest BCUT2D eigenvalue weighted by Gasteiger charge is -2.11. The minimum atomic E-state index is -1.14. The summed E-state index contributed by atoms with van der Waals surface area (Å²) in [5, 5.41) is 8.80. The number of allylic oxidation sites excluding steroid dienone is 2. The molecule has 1 atom stereocenters. The number of carboxylic acids is 1. The number of esters is 1. The Kier molecular flexibility index (Phi) is 8.34. The Morgan fingerprint density at radius 3 is 2.75 bits per heavy atom. The Morgan fingerprint density at radius 1 is 1.56 bits per heavy atom. The van der Waals surface area contributed by atoms with Gasteiger partial charge in [0.1, 0.15) is 0 Å². The van der Waals surface area contributed by atoms with E-state index in [9.17, 15) is 9.59 Å². The number of aliphatic carboxylic acids is 1. The number of carbonyl (C=O) groups is 2. The second-order valence-electron chi connectivity index (χ2n) is 2.93. The summed E-state index contributed by atoms with van der Waals surface area (Å²) >= 11 is 1.11. The van der Waals surface area contributed by atoms with Crippen LogP contribution in [0.2, 0.25) is 0 Å². The summed E-state index contributed by atoms with van der Waals surface area (Å²) in [6.07, 6.45) is 5.83. The lowest BCUT2D eigenvalue weighted by Crippen LogP contribution is -2.23. The van der Waals surface area contributed by atoms with Gasteiger partial charge in [-0.2, -0.15) is 0 Å². The summed E-state index contributed by atoms with van der Waals surface area (Å²) in [4.78, 5) is 21.9. The van der Waals surface area contributed by atoms with Crippen LogP contribution in [0, 0.1) is 0 Å². The Bertz CT molecular complexity index is 273. The van der Waals surface area contributed by atoms with Gasteiger partial charge in [0.2, 0.25) is 5.44 Å². The zero-order valence-electron chi connectivity index (χ0n) is 9.22. The second-order valence-corrected chi connectivity index (χ2v) is 4.10. The summed E-state index contributed by atoms with van der Waals surface area (Å²) in [7, 11) is 0. The highest BCUT2D eigenvalue weighted by Crippen LogP contribution is 2.15. The van der Waals surface area contributed by atoms with E-state index in [4.69, 9.17) is 9.84 Å². The summed E-state index contributed by atoms with van der Waals surface area (Å²) < 4.78 is 4.75. The summed E-state index contributed by atoms with van der Waals surface area (Å²) in [5.74, 6) is -1.15. The average molecular weight is 244 g/mol. The standard InChI is InChI=1S/C11H16O4S/c1-3-5-7-9(12)15-11(10(13)14)16-8-6-4-2/h3,5,7,11H,1,4,6,8H2,2H3,(H,13,14). The Hall–Kier alpha value is -1.23. The van der Waals surface area contributed by atoms with Crippen LogP contribution in [0.15, 0.2) is 24.8 Å². The number of hydrogen-bond acceptors (Lipinski definition) is 4. The highest BCUT2D eigenvalue weighted by atomic mass is 32.2. The molecule has 0 aromatic carbocycles. The molecule has 1 unspecified atom stereocenters. The summed E-state index contributed by atoms with van der Waals surface area (Å²) in [6.45, 7) is 5.40. The van der Waals surface area contributed by atoms with Gasteiger partial charge in [0, 0.05) is 6.08 Å². The van der Waals surface area contributed by atoms with Gasteiger partial charge in [0.05, 0.1) is 0 Å². The number of unbranched alkanes of at least 4 members (excludes halogenated alkanes) is 1. The van der Waals surface area contributed by atoms with Crippen molar-refractivity contribution in [2.75, 3.05) is 5.75 Å². The molecule has 0 aromatic heterocycles. The molecule has 0 aromatic rings. The molecule has 1 N–H and O–H groups in total. The van der Waals surface area contributed by atoms with E-state index < -0.39 is 17.4 Å². The van der Waals surface area contributed by atoms with Crippen molar-refractivity contribution in [2.24, 2.45) is 0 Å². The Labute approximate surface area is 99.4 Å². The van der Waals surface area contributed by atoms with Gasteiger partial charge in [-0.05, 0) is 12.2 Å². The third-order valence-corrected chi connectivity index (χ3v) is 2.69. The SMILES string of the molecule is C=CC=CC(=O)OC(SCCCC)C(=O)O. The molecule has 0 aliphatic carbocycles. The lowest BCUT2D eigenvalue weighted by molar-refractivity contribution is -0.154. The predicted molar refractivity (Wildman–Crippen MR) is 64.2 cm³/mol. The van der Waals surface area contributed by atoms with Crippen LogP contribution in [-0.4, -0.2) is 28.2 Å². The molecule has 0 saturated heterocycles. The van der Waals surface area contributed by atoms with Crippen molar-refractivity contribution in [1.29, 1.82) is 0 Å². The topological polar surface area (TPSA) is 63.6 Å². The molecule has 0 spiro atoms. The van der Waals surface area contributed by atoms with E-state index in [-0.39, 0.29) is 0 Å². The smallest absolute Gasteiger partial charge is 0.355 e. The molecule has 90 valence electrons. The van der Waals surface area contributed by atoms with Crippen LogP contribution in [0.4, 0.5) is 0 Å². The maximum atomic E-state index is 11.1. The van der Waals surface area contributed by atoms with E-state index in [1.165, 1.54) is 12.2 Å². The molecule has 0 aliphatic rings. The fourth-order valence-corrected chi connectivity index (χ4v) is 1.76. The first-order valence-corrected chi connectivity index (χ1v) is 6.00. The van der Waals surface area contributed by atoms with Gasteiger partial charge in [-0.1, -0.05) is 32.1 Å². The average Bonchev–Trinajstić information content (AvgIpc) is 2.25. The second kappa shape index (κ2) is 9.03. The zero-order chi connectivity index (χ0) is 12.4. The number of hydrogen-bond donors (Lipinski definition) is 1. The zero-order valence-corrected chi connectivity index (χ0v) is 10.0. The quantitative estimate of drug-likeness (QED) is 0.233. The monoisotopic (exact) mass is 244 g/mol. The van der Waals surface area contributed by atoms with E-state index in [2.05, 4.69) is 6.58 Å². The number of carboxylic acid groups (broad SMARTS) is 1. The van der Waals surface area contributed by atoms with Crippen LogP contribution in [0.25, 0.3) is 0 Å². The van der Waals surface area contributed by atoms with E-state index in [0.717, 1.165) is 30.7 Å². The van der Waals surface area contributed by atoms with Crippen molar-refractivity contribution < 1.29 is 19.4 Å². The van der Waals surface area contributed by atoms with Gasteiger partial charge in [0.25, 0.3) is 0 Å². The first-order valence-electron chi connectivity index (χ1n) is 4.96. The highest BCUT2D eigenvalue weighted by molar-refractivity contribution is 8.00.